The van der Waals surface area contributed by atoms with Gasteiger partial charge in [0.05, 0.1) is 17.4 Å². The Balaban J connectivity index is 1.06. The van der Waals surface area contributed by atoms with Crippen molar-refractivity contribution in [2.24, 2.45) is 0 Å². The molecule has 0 radical (unpaired) electrons. The SMILES string of the molecule is CN1C(=O)C(NC(=O)c2n[nH]c(Cc3ccccc3)n2)COc2ccc(CCC(=O)Nc3ccc4cn[nH]c4c3)cc21. The maximum absolute atomic E-state index is 13.3. The molecule has 1 aliphatic rings. The summed E-state index contributed by atoms with van der Waals surface area (Å²) in [5.41, 5.74) is 3.98. The Kier molecular flexibility index (Phi) is 7.33. The molecule has 12 nitrogen and oxygen atoms in total. The Labute approximate surface area is 240 Å². The van der Waals surface area contributed by atoms with E-state index in [1.807, 2.05) is 60.7 Å². The topological polar surface area (TPSA) is 158 Å². The molecule has 4 N–H and O–H groups in total. The zero-order valence-electron chi connectivity index (χ0n) is 22.8. The van der Waals surface area contributed by atoms with Crippen molar-refractivity contribution in [1.29, 1.82) is 0 Å². The molecule has 0 spiro atoms. The minimum Gasteiger partial charge on any atom is -0.489 e. The summed E-state index contributed by atoms with van der Waals surface area (Å²) in [6, 6.07) is 19.8. The number of hydrogen-bond acceptors (Lipinski definition) is 7. The molecule has 1 atom stereocenters. The number of aryl methyl sites for hydroxylation is 1. The van der Waals surface area contributed by atoms with E-state index >= 15 is 0 Å². The van der Waals surface area contributed by atoms with Gasteiger partial charge < -0.3 is 20.3 Å². The molecule has 3 aromatic carbocycles. The predicted molar refractivity (Wildman–Crippen MR) is 155 cm³/mol. The van der Waals surface area contributed by atoms with Crippen molar-refractivity contribution in [3.8, 4) is 5.75 Å². The number of aromatic nitrogens is 5. The summed E-state index contributed by atoms with van der Waals surface area (Å²) >= 11 is 0. The van der Waals surface area contributed by atoms with E-state index in [1.165, 1.54) is 4.90 Å². The van der Waals surface area contributed by atoms with E-state index in [9.17, 15) is 14.4 Å². The van der Waals surface area contributed by atoms with Gasteiger partial charge in [0.15, 0.2) is 0 Å². The number of fused-ring (bicyclic) bond motifs is 2. The standard InChI is InChI=1S/C30H28N8O4/c1-38-24-13-19(8-12-27(39)32-21-10-9-20-16-31-35-22(20)15-21)7-11-25(24)42-17-23(30(38)41)33-29(40)28-34-26(36-37-28)14-18-5-3-2-4-6-18/h2-7,9-11,13,15-16,23H,8,12,14,17H2,1H3,(H,31,35)(H,32,39)(H,33,40)(H,34,36,37). The first-order valence-corrected chi connectivity index (χ1v) is 13.5. The Hall–Kier alpha value is -5.52. The molecule has 0 saturated carbocycles. The summed E-state index contributed by atoms with van der Waals surface area (Å²) in [7, 11) is 1.63. The minimum absolute atomic E-state index is 0.0500. The molecular weight excluding hydrogens is 536 g/mol. The van der Waals surface area contributed by atoms with E-state index < -0.39 is 11.9 Å². The first kappa shape index (κ1) is 26.7. The fourth-order valence-corrected chi connectivity index (χ4v) is 4.79. The summed E-state index contributed by atoms with van der Waals surface area (Å²) in [4.78, 5) is 44.5. The molecule has 42 heavy (non-hydrogen) atoms. The molecule has 0 fully saturated rings. The lowest BCUT2D eigenvalue weighted by Crippen LogP contribution is -2.49. The van der Waals surface area contributed by atoms with Gasteiger partial charge in [0, 0.05) is 31.0 Å². The largest absolute Gasteiger partial charge is 0.489 e. The fraction of sp³-hybridized carbons (Fsp3) is 0.200. The fourth-order valence-electron chi connectivity index (χ4n) is 4.79. The summed E-state index contributed by atoms with van der Waals surface area (Å²) in [6.45, 7) is -0.0500. The molecule has 12 heteroatoms. The highest BCUT2D eigenvalue weighted by Crippen LogP contribution is 2.32. The number of carbonyl (C=O) groups excluding carboxylic acids is 3. The van der Waals surface area contributed by atoms with E-state index in [4.69, 9.17) is 4.74 Å². The number of benzene rings is 3. The Bertz CT molecular complexity index is 1760. The van der Waals surface area contributed by atoms with Crippen LogP contribution in [0.25, 0.3) is 10.9 Å². The normalized spacial score (nSPS) is 14.6. The second-order valence-corrected chi connectivity index (χ2v) is 10.0. The van der Waals surface area contributed by atoms with Gasteiger partial charge in [0.1, 0.15) is 24.2 Å². The summed E-state index contributed by atoms with van der Waals surface area (Å²) in [6.07, 6.45) is 2.93. The molecule has 0 saturated heterocycles. The Morgan fingerprint density at radius 2 is 1.90 bits per heavy atom. The number of carbonyl (C=O) groups is 3. The predicted octanol–water partition coefficient (Wildman–Crippen LogP) is 3.00. The van der Waals surface area contributed by atoms with Gasteiger partial charge in [-0.1, -0.05) is 36.4 Å². The lowest BCUT2D eigenvalue weighted by molar-refractivity contribution is -0.120. The van der Waals surface area contributed by atoms with Crippen LogP contribution in [0.3, 0.4) is 0 Å². The molecule has 6 rings (SSSR count). The number of hydrogen-bond donors (Lipinski definition) is 4. The molecule has 3 heterocycles. The van der Waals surface area contributed by atoms with Crippen LogP contribution in [0.5, 0.6) is 5.75 Å². The maximum Gasteiger partial charge on any atom is 0.291 e. The zero-order valence-corrected chi connectivity index (χ0v) is 22.8. The van der Waals surface area contributed by atoms with Crippen molar-refractivity contribution in [3.05, 3.63) is 95.7 Å². The highest BCUT2D eigenvalue weighted by molar-refractivity contribution is 6.02. The first-order valence-electron chi connectivity index (χ1n) is 13.5. The number of ether oxygens (including phenoxy) is 1. The zero-order chi connectivity index (χ0) is 29.1. The van der Waals surface area contributed by atoms with E-state index in [-0.39, 0.29) is 30.7 Å². The lowest BCUT2D eigenvalue weighted by atomic mass is 10.1. The third kappa shape index (κ3) is 5.82. The monoisotopic (exact) mass is 564 g/mol. The van der Waals surface area contributed by atoms with Crippen molar-refractivity contribution in [1.82, 2.24) is 30.7 Å². The molecule has 3 amide bonds. The van der Waals surface area contributed by atoms with Crippen molar-refractivity contribution >= 4 is 40.0 Å². The second-order valence-electron chi connectivity index (χ2n) is 10.0. The average molecular weight is 565 g/mol. The van der Waals surface area contributed by atoms with Crippen molar-refractivity contribution in [2.45, 2.75) is 25.3 Å². The first-order chi connectivity index (χ1) is 20.4. The molecule has 212 valence electrons. The number of H-pyrrole nitrogens is 2. The van der Waals surface area contributed by atoms with Crippen LogP contribution < -0.4 is 20.3 Å². The summed E-state index contributed by atoms with van der Waals surface area (Å²) < 4.78 is 5.90. The van der Waals surface area contributed by atoms with E-state index in [0.717, 1.165) is 22.0 Å². The van der Waals surface area contributed by atoms with Crippen LogP contribution in [0.2, 0.25) is 0 Å². The van der Waals surface area contributed by atoms with Crippen LogP contribution in [0.4, 0.5) is 11.4 Å². The number of nitrogens with one attached hydrogen (secondary N) is 4. The second kappa shape index (κ2) is 11.5. The van der Waals surface area contributed by atoms with Crippen LogP contribution in [0.1, 0.15) is 34.0 Å². The van der Waals surface area contributed by atoms with Gasteiger partial charge in [-0.2, -0.15) is 5.10 Å². The Morgan fingerprint density at radius 1 is 1.05 bits per heavy atom. The van der Waals surface area contributed by atoms with Crippen LogP contribution >= 0.6 is 0 Å². The van der Waals surface area contributed by atoms with Crippen molar-refractivity contribution < 1.29 is 19.1 Å². The number of rotatable bonds is 8. The molecular formula is C30H28N8O4. The van der Waals surface area contributed by atoms with Crippen LogP contribution in [0, 0.1) is 0 Å². The number of likely N-dealkylation sites (N-methyl/N-ethyl adjacent to an activating group) is 1. The van der Waals surface area contributed by atoms with E-state index in [1.54, 1.807) is 19.3 Å². The molecule has 2 aromatic heterocycles. The molecule has 1 unspecified atom stereocenters. The smallest absolute Gasteiger partial charge is 0.291 e. The quantitative estimate of drug-likeness (QED) is 0.226. The summed E-state index contributed by atoms with van der Waals surface area (Å²) in [5, 5.41) is 20.2. The van der Waals surface area contributed by atoms with Crippen LogP contribution in [-0.2, 0) is 22.4 Å². The minimum atomic E-state index is -0.938. The van der Waals surface area contributed by atoms with Crippen LogP contribution in [0.15, 0.2) is 72.9 Å². The number of aromatic amines is 2. The lowest BCUT2D eigenvalue weighted by Gasteiger charge is -2.20. The third-order valence-corrected chi connectivity index (χ3v) is 7.04. The van der Waals surface area contributed by atoms with E-state index in [0.29, 0.717) is 35.8 Å². The average Bonchev–Trinajstić information content (AvgIpc) is 3.65. The molecule has 0 bridgehead atoms. The highest BCUT2D eigenvalue weighted by Gasteiger charge is 2.31. The molecule has 5 aromatic rings. The van der Waals surface area contributed by atoms with Crippen molar-refractivity contribution in [3.63, 3.8) is 0 Å². The van der Waals surface area contributed by atoms with Gasteiger partial charge in [0.2, 0.25) is 11.7 Å². The van der Waals surface area contributed by atoms with Gasteiger partial charge in [-0.25, -0.2) is 4.98 Å². The summed E-state index contributed by atoms with van der Waals surface area (Å²) in [5.74, 6) is -0.0584. The number of amides is 3. The maximum atomic E-state index is 13.3. The third-order valence-electron chi connectivity index (χ3n) is 7.04. The van der Waals surface area contributed by atoms with Gasteiger partial charge >= 0.3 is 0 Å². The van der Waals surface area contributed by atoms with Gasteiger partial charge in [-0.3, -0.25) is 24.6 Å². The van der Waals surface area contributed by atoms with Crippen LogP contribution in [-0.4, -0.2) is 62.8 Å². The van der Waals surface area contributed by atoms with Gasteiger partial charge in [-0.05, 0) is 47.9 Å². The number of anilines is 2. The van der Waals surface area contributed by atoms with Crippen molar-refractivity contribution in [2.75, 3.05) is 23.9 Å². The van der Waals surface area contributed by atoms with Gasteiger partial charge in [0.25, 0.3) is 11.8 Å². The van der Waals surface area contributed by atoms with E-state index in [2.05, 4.69) is 36.0 Å². The van der Waals surface area contributed by atoms with Gasteiger partial charge in [-0.15, -0.1) is 5.10 Å². The highest BCUT2D eigenvalue weighted by atomic mass is 16.5. The number of nitrogens with zero attached hydrogens (tertiary/aromatic N) is 4. The Morgan fingerprint density at radius 3 is 2.76 bits per heavy atom. The molecule has 1 aliphatic heterocycles. The molecule has 0 aliphatic carbocycles.